The van der Waals surface area contributed by atoms with Crippen molar-refractivity contribution in [3.05, 3.63) is 72.9 Å². The van der Waals surface area contributed by atoms with Gasteiger partial charge in [0.05, 0.1) is 19.8 Å². The van der Waals surface area contributed by atoms with Gasteiger partial charge in [-0.2, -0.15) is 0 Å². The van der Waals surface area contributed by atoms with Crippen molar-refractivity contribution in [2.75, 3.05) is 26.4 Å². The molecule has 0 aliphatic heterocycles. The molecule has 12 heteroatoms. The minimum atomic E-state index is -4.77. The largest absolute Gasteiger partial charge is 0.472 e. The number of phosphoric acid groups is 1. The molecule has 11 nitrogen and oxygen atoms in total. The average Bonchev–Trinajstić information content (AvgIpc) is 3.54. The van der Waals surface area contributed by atoms with Crippen LogP contribution in [0.4, 0.5) is 0 Å². The number of hydrogen-bond acceptors (Lipinski definition) is 10. The number of hydrogen-bond donors (Lipinski definition) is 2. The zero-order valence-electron chi connectivity index (χ0n) is 54.4. The van der Waals surface area contributed by atoms with Crippen molar-refractivity contribution in [3.8, 4) is 0 Å². The summed E-state index contributed by atoms with van der Waals surface area (Å²) < 4.78 is 39.8. The fraction of sp³-hybridized carbons (Fsp3) is 0.792. The van der Waals surface area contributed by atoms with Crippen LogP contribution in [0, 0.1) is 0 Å². The molecule has 2 N–H and O–H groups in total. The van der Waals surface area contributed by atoms with Crippen LogP contribution in [0.5, 0.6) is 0 Å². The van der Waals surface area contributed by atoms with E-state index in [4.69, 9.17) is 23.3 Å². The van der Waals surface area contributed by atoms with Gasteiger partial charge in [-0.05, 0) is 96.3 Å². The molecule has 0 heterocycles. The van der Waals surface area contributed by atoms with E-state index in [1.807, 2.05) is 0 Å². The van der Waals surface area contributed by atoms with E-state index >= 15 is 0 Å². The number of allylic oxidation sites excluding steroid dienone is 12. The third-order valence-corrected chi connectivity index (χ3v) is 16.1. The molecule has 0 saturated carbocycles. The molecule has 0 fully saturated rings. The summed E-state index contributed by atoms with van der Waals surface area (Å²) in [6.45, 7) is 4.63. The normalized spacial score (nSPS) is 13.6. The molecular formula is C72H129O11P. The van der Waals surface area contributed by atoms with Crippen molar-refractivity contribution in [1.82, 2.24) is 0 Å². The number of esters is 3. The highest BCUT2D eigenvalue weighted by Gasteiger charge is 2.28. The molecule has 84 heavy (non-hydrogen) atoms. The third kappa shape index (κ3) is 63.4. The van der Waals surface area contributed by atoms with E-state index in [2.05, 4.69) is 93.7 Å². The number of carbonyl (C=O) groups excluding carboxylic acids is 3. The van der Waals surface area contributed by atoms with E-state index in [0.717, 1.165) is 122 Å². The quantitative estimate of drug-likeness (QED) is 0.0197. The summed E-state index contributed by atoms with van der Waals surface area (Å²) in [6.07, 6.45) is 77.0. The van der Waals surface area contributed by atoms with Crippen LogP contribution in [0.25, 0.3) is 0 Å². The van der Waals surface area contributed by atoms with Crippen LogP contribution >= 0.6 is 7.82 Å². The topological polar surface area (TPSA) is 155 Å². The van der Waals surface area contributed by atoms with Gasteiger partial charge in [-0.3, -0.25) is 23.4 Å². The highest BCUT2D eigenvalue weighted by molar-refractivity contribution is 7.47. The predicted molar refractivity (Wildman–Crippen MR) is 353 cm³/mol. The Hall–Kier alpha value is -3.08. The van der Waals surface area contributed by atoms with Crippen LogP contribution in [0.3, 0.4) is 0 Å². The van der Waals surface area contributed by atoms with Gasteiger partial charge < -0.3 is 24.2 Å². The zero-order chi connectivity index (χ0) is 61.2. The highest BCUT2D eigenvalue weighted by atomic mass is 31.2. The van der Waals surface area contributed by atoms with Crippen molar-refractivity contribution < 1.29 is 52.2 Å². The first kappa shape index (κ1) is 80.9. The van der Waals surface area contributed by atoms with E-state index < -0.39 is 57.8 Å². The van der Waals surface area contributed by atoms with Gasteiger partial charge >= 0.3 is 25.7 Å². The Labute approximate surface area is 516 Å². The predicted octanol–water partition coefficient (Wildman–Crippen LogP) is 21.6. The molecule has 0 bridgehead atoms. The lowest BCUT2D eigenvalue weighted by atomic mass is 10.0. The maximum Gasteiger partial charge on any atom is 0.472 e. The molecule has 0 radical (unpaired) electrons. The number of unbranched alkanes of at least 4 members (excludes halogenated alkanes) is 36. The minimum Gasteiger partial charge on any atom is -0.462 e. The van der Waals surface area contributed by atoms with Crippen LogP contribution in [-0.2, 0) is 42.2 Å². The summed E-state index contributed by atoms with van der Waals surface area (Å²) in [6, 6.07) is 0. The monoisotopic (exact) mass is 1200 g/mol. The molecule has 3 unspecified atom stereocenters. The summed E-state index contributed by atoms with van der Waals surface area (Å²) in [5.41, 5.74) is 0. The Bertz CT molecular complexity index is 1690. The smallest absolute Gasteiger partial charge is 0.462 e. The number of carbonyl (C=O) groups is 3. The van der Waals surface area contributed by atoms with Crippen LogP contribution < -0.4 is 0 Å². The second kappa shape index (κ2) is 65.9. The molecule has 488 valence electrons. The number of ether oxygens (including phenoxy) is 3. The van der Waals surface area contributed by atoms with E-state index in [-0.39, 0.29) is 25.9 Å². The van der Waals surface area contributed by atoms with Crippen LogP contribution in [0.15, 0.2) is 72.9 Å². The van der Waals surface area contributed by atoms with Crippen LogP contribution in [0.1, 0.15) is 329 Å². The lowest BCUT2D eigenvalue weighted by Gasteiger charge is -2.21. The molecule has 3 atom stereocenters. The standard InChI is InChI=1S/C72H129O11P/c1-4-7-10-13-16-19-22-25-28-31-34-37-40-43-46-49-52-55-58-61-70(74)79-65-69(83-72(76)63-60-57-54-51-48-45-42-39-36-33-30-27-24-21-18-15-12-9-6-3)67-81-84(77,78)80-66-68(64-73)82-71(75)62-59-56-53-50-47-44-41-38-35-32-29-26-23-20-17-14-11-8-5-2/h17-18,20-21,26-27,29-30,35-36,38-39,68-69,73H,4-16,19,22-25,28,31-34,37,40-67H2,1-3H3,(H,77,78)/b20-17-,21-18-,29-26-,30-27-,38-35-,39-36-. The van der Waals surface area contributed by atoms with E-state index in [1.54, 1.807) is 0 Å². The molecule has 0 aliphatic carbocycles. The Morgan fingerprint density at radius 1 is 0.333 bits per heavy atom. The van der Waals surface area contributed by atoms with Crippen LogP contribution in [-0.4, -0.2) is 66.5 Å². The van der Waals surface area contributed by atoms with Crippen molar-refractivity contribution >= 4 is 25.7 Å². The Kier molecular flexibility index (Phi) is 63.5. The Morgan fingerprint density at radius 3 is 0.917 bits per heavy atom. The number of rotatable bonds is 65. The number of phosphoric ester groups is 1. The van der Waals surface area contributed by atoms with Gasteiger partial charge in [0.2, 0.25) is 0 Å². The first-order chi connectivity index (χ1) is 41.2. The van der Waals surface area contributed by atoms with Crippen LogP contribution in [0.2, 0.25) is 0 Å². The Balaban J connectivity index is 4.70. The van der Waals surface area contributed by atoms with E-state index in [1.165, 1.54) is 148 Å². The molecule has 0 amide bonds. The lowest BCUT2D eigenvalue weighted by molar-refractivity contribution is -0.161. The van der Waals surface area contributed by atoms with Crippen molar-refractivity contribution in [1.29, 1.82) is 0 Å². The average molecular weight is 1200 g/mol. The first-order valence-corrected chi connectivity index (χ1v) is 36.3. The molecule has 0 spiro atoms. The van der Waals surface area contributed by atoms with E-state index in [9.17, 15) is 28.9 Å². The third-order valence-electron chi connectivity index (χ3n) is 15.1. The van der Waals surface area contributed by atoms with Crippen molar-refractivity contribution in [3.63, 3.8) is 0 Å². The summed E-state index contributed by atoms with van der Waals surface area (Å²) in [4.78, 5) is 48.9. The summed E-state index contributed by atoms with van der Waals surface area (Å²) in [5.74, 6) is -1.47. The van der Waals surface area contributed by atoms with Gasteiger partial charge in [0.15, 0.2) is 6.10 Å². The van der Waals surface area contributed by atoms with Gasteiger partial charge in [-0.1, -0.05) is 286 Å². The second-order valence-corrected chi connectivity index (χ2v) is 24.8. The summed E-state index contributed by atoms with van der Waals surface area (Å²) >= 11 is 0. The molecule has 0 aromatic rings. The number of aliphatic hydroxyl groups excluding tert-OH is 1. The van der Waals surface area contributed by atoms with Gasteiger partial charge in [-0.15, -0.1) is 0 Å². The zero-order valence-corrected chi connectivity index (χ0v) is 55.3. The second-order valence-electron chi connectivity index (χ2n) is 23.3. The Morgan fingerprint density at radius 2 is 0.583 bits per heavy atom. The SMILES string of the molecule is CCCCC/C=C\C/C=C\C/C=C\CCCCCCCCC(=O)OC(CO)COP(=O)(O)OCC(COC(=O)CCCCCCCCCCCCCCCCCCCCC)OC(=O)CCCCCCCC/C=C\C/C=C\C/C=C\CCCCC. The molecular weight excluding hydrogens is 1070 g/mol. The minimum absolute atomic E-state index is 0.153. The van der Waals surface area contributed by atoms with E-state index in [0.29, 0.717) is 19.3 Å². The van der Waals surface area contributed by atoms with Gasteiger partial charge in [0.25, 0.3) is 0 Å². The summed E-state index contributed by atoms with van der Waals surface area (Å²) in [5, 5.41) is 9.88. The molecule has 0 aromatic heterocycles. The maximum atomic E-state index is 13.0. The van der Waals surface area contributed by atoms with Crippen molar-refractivity contribution in [2.45, 2.75) is 341 Å². The van der Waals surface area contributed by atoms with Crippen molar-refractivity contribution in [2.24, 2.45) is 0 Å². The molecule has 0 aromatic carbocycles. The fourth-order valence-corrected chi connectivity index (χ4v) is 10.6. The lowest BCUT2D eigenvalue weighted by Crippen LogP contribution is -2.30. The highest BCUT2D eigenvalue weighted by Crippen LogP contribution is 2.43. The van der Waals surface area contributed by atoms with Gasteiger partial charge in [0, 0.05) is 19.3 Å². The molecule has 0 aliphatic rings. The van der Waals surface area contributed by atoms with Gasteiger partial charge in [0.1, 0.15) is 12.7 Å². The number of aliphatic hydroxyl groups is 1. The molecule has 0 saturated heterocycles. The first-order valence-electron chi connectivity index (χ1n) is 34.8. The van der Waals surface area contributed by atoms with Gasteiger partial charge in [-0.25, -0.2) is 4.57 Å². The summed E-state index contributed by atoms with van der Waals surface area (Å²) in [7, 11) is -4.77. The molecule has 0 rings (SSSR count). The maximum absolute atomic E-state index is 13.0. The fourth-order valence-electron chi connectivity index (χ4n) is 9.78.